The Balaban J connectivity index is 4.62. The molecule has 0 N–H and O–H groups in total. The van der Waals surface area contributed by atoms with Crippen LogP contribution in [0.3, 0.4) is 0 Å². The fraction of sp³-hybridized carbons (Fsp3) is 0.897. The monoisotopic (exact) mass is 728 g/mol. The van der Waals surface area contributed by atoms with E-state index in [9.17, 15) is 4.79 Å². The topological polar surface area (TPSA) is 90.9 Å². The Morgan fingerprint density at radius 2 is 1.09 bits per heavy atom. The minimum atomic E-state index is -2.41. The summed E-state index contributed by atoms with van der Waals surface area (Å²) in [6.07, 6.45) is 1.84. The highest BCUT2D eigenvalue weighted by atomic mass is 28.5. The van der Waals surface area contributed by atoms with Gasteiger partial charge in [0.25, 0.3) is 0 Å². The van der Waals surface area contributed by atoms with E-state index < -0.39 is 50.4 Å². The lowest BCUT2D eigenvalue weighted by Crippen LogP contribution is -2.56. The van der Waals surface area contributed by atoms with E-state index in [-0.39, 0.29) is 18.7 Å². The Kier molecular flexibility index (Phi) is 19.4. The van der Waals surface area contributed by atoms with Gasteiger partial charge in [-0.1, -0.05) is 6.58 Å². The van der Waals surface area contributed by atoms with Gasteiger partial charge in [0.1, 0.15) is 6.61 Å². The summed E-state index contributed by atoms with van der Waals surface area (Å²) in [4.78, 5) is 11.4. The largest absolute Gasteiger partial charge is 0.460 e. The molecule has 0 saturated carbocycles. The van der Waals surface area contributed by atoms with Crippen LogP contribution >= 0.6 is 0 Å². The summed E-state index contributed by atoms with van der Waals surface area (Å²) in [7, 11) is -12.0. The predicted molar refractivity (Wildman–Crippen MR) is 197 cm³/mol. The number of carbonyl (C=O) groups excluding carboxylic acids is 1. The molecule has 0 bridgehead atoms. The van der Waals surface area contributed by atoms with E-state index in [4.69, 9.17) is 35.4 Å². The summed E-state index contributed by atoms with van der Waals surface area (Å²) in [5.74, 6) is -0.380. The molecule has 44 heavy (non-hydrogen) atoms. The highest BCUT2D eigenvalue weighted by Crippen LogP contribution is 2.27. The van der Waals surface area contributed by atoms with E-state index in [1.807, 2.05) is 0 Å². The molecule has 0 spiro atoms. The van der Waals surface area contributed by atoms with E-state index in [1.165, 1.54) is 0 Å². The molecule has 0 aromatic rings. The second kappa shape index (κ2) is 19.3. The number of hydrogen-bond donors (Lipinski definition) is 0. The van der Waals surface area contributed by atoms with Gasteiger partial charge in [0, 0.05) is 18.8 Å². The zero-order valence-electron chi connectivity index (χ0n) is 31.0. The molecule has 0 heterocycles. The van der Waals surface area contributed by atoms with Gasteiger partial charge in [-0.2, -0.15) is 0 Å². The second-order valence-corrected chi connectivity index (χ2v) is 40.8. The zero-order valence-corrected chi connectivity index (χ0v) is 37.0. The summed E-state index contributed by atoms with van der Waals surface area (Å²) in [5, 5.41) is 0. The Morgan fingerprint density at radius 3 is 1.52 bits per heavy atom. The molecule has 1 atom stereocenters. The average Bonchev–Trinajstić information content (AvgIpc) is 2.77. The molecule has 0 rings (SSSR count). The number of rotatable bonds is 25. The Hall–Kier alpha value is 0.231. The van der Waals surface area contributed by atoms with E-state index in [2.05, 4.69) is 98.2 Å². The van der Waals surface area contributed by atoms with Crippen LogP contribution in [-0.4, -0.2) is 102 Å². The van der Waals surface area contributed by atoms with Gasteiger partial charge >= 0.3 is 23.1 Å². The van der Waals surface area contributed by atoms with Crippen LogP contribution < -0.4 is 0 Å². The Morgan fingerprint density at radius 1 is 0.614 bits per heavy atom. The summed E-state index contributed by atoms with van der Waals surface area (Å²) in [5.41, 5.74) is 0.396. The fourth-order valence-corrected chi connectivity index (χ4v) is 26.0. The van der Waals surface area contributed by atoms with Crippen LogP contribution in [0.15, 0.2) is 12.2 Å². The van der Waals surface area contributed by atoms with Crippen molar-refractivity contribution >= 4 is 56.4 Å². The van der Waals surface area contributed by atoms with Gasteiger partial charge in [0.05, 0.1) is 25.9 Å². The van der Waals surface area contributed by atoms with Crippen LogP contribution in [0, 0.1) is 0 Å². The summed E-state index contributed by atoms with van der Waals surface area (Å²) >= 11 is 0. The number of hydrogen-bond acceptors (Lipinski definition) is 9. The lowest BCUT2D eigenvalue weighted by Gasteiger charge is -2.41. The first-order valence-corrected chi connectivity index (χ1v) is 34.8. The van der Waals surface area contributed by atoms with Crippen molar-refractivity contribution in [3.05, 3.63) is 12.2 Å². The smallest absolute Gasteiger partial charge is 0.333 e. The van der Waals surface area contributed by atoms with Gasteiger partial charge in [-0.25, -0.2) is 4.79 Å². The van der Waals surface area contributed by atoms with Crippen LogP contribution in [0.2, 0.25) is 104 Å². The van der Waals surface area contributed by atoms with E-state index in [1.54, 1.807) is 6.92 Å². The molecule has 1 unspecified atom stereocenters. The van der Waals surface area contributed by atoms with Crippen molar-refractivity contribution in [3.8, 4) is 0 Å². The number of ether oxygens (including phenoxy) is 3. The number of carbonyl (C=O) groups is 1. The van der Waals surface area contributed by atoms with Gasteiger partial charge < -0.3 is 35.4 Å². The van der Waals surface area contributed by atoms with Crippen LogP contribution in [0.1, 0.15) is 19.8 Å². The van der Waals surface area contributed by atoms with E-state index >= 15 is 0 Å². The highest BCUT2D eigenvalue weighted by molar-refractivity contribution is 6.89. The van der Waals surface area contributed by atoms with Crippen LogP contribution in [0.5, 0.6) is 0 Å². The first kappa shape index (κ1) is 44.2. The van der Waals surface area contributed by atoms with Crippen molar-refractivity contribution in [2.75, 3.05) is 39.6 Å². The number of esters is 1. The maximum Gasteiger partial charge on any atom is 0.333 e. The Labute approximate surface area is 277 Å². The van der Waals surface area contributed by atoms with Gasteiger partial charge in [-0.15, -0.1) is 0 Å². The quantitative estimate of drug-likeness (QED) is 0.0404. The van der Waals surface area contributed by atoms with E-state index in [0.29, 0.717) is 38.6 Å². The lowest BCUT2D eigenvalue weighted by molar-refractivity contribution is -0.140. The molecule has 0 aromatic heterocycles. The third kappa shape index (κ3) is 25.3. The first-order chi connectivity index (χ1) is 19.7. The molecule has 0 amide bonds. The summed E-state index contributed by atoms with van der Waals surface area (Å²) in [6.45, 7) is 39.1. The second-order valence-electron chi connectivity index (χ2n) is 15.7. The average molecular weight is 729 g/mol. The molecule has 0 aliphatic rings. The fourth-order valence-electron chi connectivity index (χ4n) is 4.86. The maximum atomic E-state index is 11.4. The normalized spacial score (nSPS) is 14.5. The molecule has 0 saturated heterocycles. The summed E-state index contributed by atoms with van der Waals surface area (Å²) in [6, 6.07) is 1.97. The maximum absolute atomic E-state index is 11.4. The first-order valence-electron chi connectivity index (χ1n) is 16.1. The standard InChI is InChI=1S/C29H68O9Si6/c1-27(2)29(30)33-22-21-31-19-17-23-41(9,10)36-43(13,14)38-44(15,16)37-42(11,12)24-18-20-32-25-28(35-40(6,7)8)26-34-39(3,4)5/h28H,1,17-26H2,2-16H3. The van der Waals surface area contributed by atoms with Crippen LogP contribution in [-0.2, 0) is 40.2 Å². The van der Waals surface area contributed by atoms with Crippen molar-refractivity contribution in [1.82, 2.24) is 0 Å². The van der Waals surface area contributed by atoms with Crippen molar-refractivity contribution in [3.63, 3.8) is 0 Å². The molecule has 15 heteroatoms. The molecule has 0 radical (unpaired) electrons. The van der Waals surface area contributed by atoms with Crippen molar-refractivity contribution < 1.29 is 40.2 Å². The van der Waals surface area contributed by atoms with Crippen molar-refractivity contribution in [2.24, 2.45) is 0 Å². The van der Waals surface area contributed by atoms with Gasteiger partial charge in [-0.3, -0.25) is 0 Å². The molecular weight excluding hydrogens is 661 g/mol. The van der Waals surface area contributed by atoms with Crippen molar-refractivity contribution in [2.45, 2.75) is 130 Å². The van der Waals surface area contributed by atoms with Gasteiger partial charge in [0.2, 0.25) is 0 Å². The molecule has 9 nitrogen and oxygen atoms in total. The van der Waals surface area contributed by atoms with E-state index in [0.717, 1.165) is 24.9 Å². The lowest BCUT2D eigenvalue weighted by atomic mass is 10.4. The van der Waals surface area contributed by atoms with Gasteiger partial charge in [0.15, 0.2) is 33.3 Å². The van der Waals surface area contributed by atoms with Crippen LogP contribution in [0.25, 0.3) is 0 Å². The Bertz CT molecular complexity index is 855. The van der Waals surface area contributed by atoms with Gasteiger partial charge in [-0.05, 0) is 124 Å². The SMILES string of the molecule is C=C(C)C(=O)OCCOCCC[Si](C)(C)O[Si](C)(C)O[Si](C)(C)O[Si](C)(C)CCCOCC(CO[Si](C)(C)C)O[Si](C)(C)C. The van der Waals surface area contributed by atoms with Crippen molar-refractivity contribution in [1.29, 1.82) is 0 Å². The highest BCUT2D eigenvalue weighted by Gasteiger charge is 2.43. The zero-order chi connectivity index (χ0) is 34.5. The molecule has 262 valence electrons. The molecule has 0 aliphatic heterocycles. The van der Waals surface area contributed by atoms with Crippen LogP contribution in [0.4, 0.5) is 0 Å². The third-order valence-electron chi connectivity index (χ3n) is 6.01. The molecular formula is C29H68O9Si6. The minimum absolute atomic E-state index is 0.0134. The molecule has 0 fully saturated rings. The molecule has 0 aliphatic carbocycles. The minimum Gasteiger partial charge on any atom is -0.460 e. The predicted octanol–water partition coefficient (Wildman–Crippen LogP) is 7.85. The third-order valence-corrected chi connectivity index (χ3v) is 23.5. The summed E-state index contributed by atoms with van der Waals surface area (Å²) < 4.78 is 49.5. The molecule has 0 aromatic carbocycles.